The van der Waals surface area contributed by atoms with E-state index in [4.69, 9.17) is 31.5 Å². The summed E-state index contributed by atoms with van der Waals surface area (Å²) in [6.07, 6.45) is -1.75. The Kier molecular flexibility index (Phi) is 5.42. The molecule has 2 aliphatic rings. The summed E-state index contributed by atoms with van der Waals surface area (Å²) in [6.45, 7) is 0.531. The van der Waals surface area contributed by atoms with E-state index in [1.807, 2.05) is 30.3 Å². The van der Waals surface area contributed by atoms with E-state index in [1.54, 1.807) is 24.3 Å². The third-order valence-corrected chi connectivity index (χ3v) is 6.58. The summed E-state index contributed by atoms with van der Waals surface area (Å²) in [5.74, 6) is -0.469. The van der Waals surface area contributed by atoms with E-state index in [0.29, 0.717) is 34.1 Å². The number of imidazole rings is 1. The minimum atomic E-state index is -0.647. The molecule has 0 radical (unpaired) electrons. The number of fused-ring (bicyclic) bond motifs is 2. The monoisotopic (exact) mass is 492 g/mol. The first kappa shape index (κ1) is 22.0. The molecule has 2 saturated heterocycles. The summed E-state index contributed by atoms with van der Waals surface area (Å²) in [5.41, 5.74) is 10.2. The van der Waals surface area contributed by atoms with Crippen molar-refractivity contribution in [3.8, 4) is 28.4 Å². The lowest BCUT2D eigenvalue weighted by Gasteiger charge is -2.15. The number of pyridine rings is 1. The van der Waals surface area contributed by atoms with Crippen molar-refractivity contribution in [1.29, 1.82) is 0 Å². The molecule has 9 nitrogen and oxygen atoms in total. The van der Waals surface area contributed by atoms with E-state index in [1.165, 1.54) is 0 Å². The van der Waals surface area contributed by atoms with Gasteiger partial charge < -0.3 is 30.0 Å². The zero-order valence-electron chi connectivity index (χ0n) is 18.3. The van der Waals surface area contributed by atoms with Crippen LogP contribution in [0.2, 0.25) is 5.02 Å². The number of aromatic amines is 1. The normalized spacial score (nSPS) is 23.5. The highest BCUT2D eigenvalue weighted by molar-refractivity contribution is 6.33. The number of primary amides is 1. The van der Waals surface area contributed by atoms with E-state index in [-0.39, 0.29) is 30.9 Å². The number of aromatic nitrogens is 3. The average molecular weight is 493 g/mol. The number of aliphatic hydroxyl groups is 1. The predicted molar refractivity (Wildman–Crippen MR) is 128 cm³/mol. The lowest BCUT2D eigenvalue weighted by Crippen LogP contribution is -2.34. The molecule has 0 bridgehead atoms. The fourth-order valence-corrected chi connectivity index (χ4v) is 4.78. The van der Waals surface area contributed by atoms with Crippen LogP contribution in [0, 0.1) is 0 Å². The lowest BCUT2D eigenvalue weighted by molar-refractivity contribution is 0.00706. The maximum atomic E-state index is 11.5. The number of halogens is 1. The largest absolute Gasteiger partial charge is 0.456 e. The van der Waals surface area contributed by atoms with E-state index < -0.39 is 12.0 Å². The van der Waals surface area contributed by atoms with E-state index >= 15 is 0 Å². The van der Waals surface area contributed by atoms with Crippen LogP contribution in [0.5, 0.6) is 6.01 Å². The van der Waals surface area contributed by atoms with Gasteiger partial charge in [0.25, 0.3) is 6.01 Å². The quantitative estimate of drug-likeness (QED) is 0.390. The SMILES string of the molecule is NC(=O)c1cccc(-c2ccc(-c3nc4nc(O[C@@H]5CO[C@H]6[C@@H]5OC[C@H]6O)[nH]c4cc3Cl)cc2)c1. The van der Waals surface area contributed by atoms with E-state index in [2.05, 4.69) is 15.0 Å². The Bertz CT molecular complexity index is 1420. The second-order valence-corrected chi connectivity index (χ2v) is 8.98. The first-order valence-electron chi connectivity index (χ1n) is 11.1. The van der Waals surface area contributed by atoms with Crippen molar-refractivity contribution in [2.75, 3.05) is 13.2 Å². The van der Waals surface area contributed by atoms with Crippen molar-refractivity contribution in [2.45, 2.75) is 24.4 Å². The highest BCUT2D eigenvalue weighted by atomic mass is 35.5. The van der Waals surface area contributed by atoms with Gasteiger partial charge >= 0.3 is 0 Å². The summed E-state index contributed by atoms with van der Waals surface area (Å²) in [6, 6.07) is 16.9. The second-order valence-electron chi connectivity index (χ2n) is 8.57. The van der Waals surface area contributed by atoms with Crippen molar-refractivity contribution < 1.29 is 24.1 Å². The topological polar surface area (TPSA) is 133 Å². The smallest absolute Gasteiger partial charge is 0.296 e. The molecule has 0 saturated carbocycles. The summed E-state index contributed by atoms with van der Waals surface area (Å²) in [5, 5.41) is 10.4. The molecule has 4 atom stereocenters. The molecule has 1 amide bonds. The molecule has 4 N–H and O–H groups in total. The van der Waals surface area contributed by atoms with Gasteiger partial charge in [0, 0.05) is 11.1 Å². The minimum absolute atomic E-state index is 0.227. The fourth-order valence-electron chi connectivity index (χ4n) is 4.51. The number of nitrogens with one attached hydrogen (secondary N) is 1. The number of nitrogens with two attached hydrogens (primary N) is 1. The third kappa shape index (κ3) is 4.02. The Morgan fingerprint density at radius 3 is 2.60 bits per heavy atom. The molecule has 10 heteroatoms. The number of H-pyrrole nitrogens is 1. The first-order valence-corrected chi connectivity index (χ1v) is 11.5. The van der Waals surface area contributed by atoms with Gasteiger partial charge in [-0.15, -0.1) is 0 Å². The number of hydrogen-bond donors (Lipinski definition) is 3. The molecule has 2 aromatic carbocycles. The summed E-state index contributed by atoms with van der Waals surface area (Å²) in [4.78, 5) is 23.7. The van der Waals surface area contributed by atoms with Gasteiger partial charge in [-0.25, -0.2) is 4.98 Å². The number of ether oxygens (including phenoxy) is 3. The molecule has 2 fully saturated rings. The van der Waals surface area contributed by atoms with Crippen molar-refractivity contribution in [1.82, 2.24) is 15.0 Å². The first-order chi connectivity index (χ1) is 17.0. The number of aliphatic hydroxyl groups excluding tert-OH is 1. The number of amides is 1. The predicted octanol–water partition coefficient (Wildman–Crippen LogP) is 2.95. The van der Waals surface area contributed by atoms with Gasteiger partial charge in [-0.3, -0.25) is 4.79 Å². The maximum absolute atomic E-state index is 11.5. The molecule has 6 rings (SSSR count). The number of nitrogens with zero attached hydrogens (tertiary/aromatic N) is 2. The Hall–Kier alpha value is -3.50. The minimum Gasteiger partial charge on any atom is -0.456 e. The Morgan fingerprint density at radius 1 is 1.03 bits per heavy atom. The number of rotatable bonds is 5. The summed E-state index contributed by atoms with van der Waals surface area (Å²) >= 11 is 6.55. The van der Waals surface area contributed by atoms with E-state index in [0.717, 1.165) is 16.7 Å². The Morgan fingerprint density at radius 2 is 1.80 bits per heavy atom. The van der Waals surface area contributed by atoms with Crippen LogP contribution in [0.4, 0.5) is 0 Å². The lowest BCUT2D eigenvalue weighted by atomic mass is 10.0. The third-order valence-electron chi connectivity index (χ3n) is 6.29. The van der Waals surface area contributed by atoms with Crippen LogP contribution in [0.3, 0.4) is 0 Å². The van der Waals surface area contributed by atoms with Crippen LogP contribution in [0.15, 0.2) is 54.6 Å². The van der Waals surface area contributed by atoms with Crippen molar-refractivity contribution in [3.05, 3.63) is 65.2 Å². The van der Waals surface area contributed by atoms with Gasteiger partial charge in [-0.05, 0) is 29.3 Å². The highest BCUT2D eigenvalue weighted by Crippen LogP contribution is 2.33. The molecule has 0 spiro atoms. The molecule has 4 heterocycles. The van der Waals surface area contributed by atoms with Crippen molar-refractivity contribution in [2.24, 2.45) is 5.73 Å². The number of carbonyl (C=O) groups excluding carboxylic acids is 1. The Labute approximate surface area is 204 Å². The zero-order valence-corrected chi connectivity index (χ0v) is 19.1. The van der Waals surface area contributed by atoms with Crippen LogP contribution in [0.1, 0.15) is 10.4 Å². The van der Waals surface area contributed by atoms with Crippen LogP contribution in [-0.2, 0) is 9.47 Å². The molecule has 4 aromatic rings. The maximum Gasteiger partial charge on any atom is 0.296 e. The number of benzene rings is 2. The van der Waals surface area contributed by atoms with Crippen LogP contribution >= 0.6 is 11.6 Å². The average Bonchev–Trinajstić information content (AvgIpc) is 3.55. The standard InChI is InChI=1S/C25H21ClN4O5/c26-16-9-17-24(30-25(28-17)35-19-11-34-21-18(31)10-33-22(19)21)29-20(16)13-6-4-12(5-7-13)14-2-1-3-15(8-14)23(27)32/h1-9,18-19,21-22,31H,10-11H2,(H2,27,32)(H,28,29,30)/t18-,19-,21-,22-/m1/s1. The van der Waals surface area contributed by atoms with Crippen molar-refractivity contribution >= 4 is 28.7 Å². The van der Waals surface area contributed by atoms with Crippen LogP contribution in [0.25, 0.3) is 33.5 Å². The van der Waals surface area contributed by atoms with Crippen molar-refractivity contribution in [3.63, 3.8) is 0 Å². The molecule has 0 aliphatic carbocycles. The molecule has 35 heavy (non-hydrogen) atoms. The second kappa shape index (κ2) is 8.62. The van der Waals surface area contributed by atoms with Gasteiger partial charge in [0.2, 0.25) is 5.91 Å². The van der Waals surface area contributed by atoms with Gasteiger partial charge in [-0.2, -0.15) is 4.98 Å². The number of hydrogen-bond acceptors (Lipinski definition) is 7. The summed E-state index contributed by atoms with van der Waals surface area (Å²) < 4.78 is 17.2. The zero-order chi connectivity index (χ0) is 24.1. The number of carbonyl (C=O) groups is 1. The van der Waals surface area contributed by atoms with Gasteiger partial charge in [-0.1, -0.05) is 48.0 Å². The summed E-state index contributed by atoms with van der Waals surface area (Å²) in [7, 11) is 0. The van der Waals surface area contributed by atoms with Gasteiger partial charge in [0.15, 0.2) is 11.8 Å². The Balaban J connectivity index is 1.25. The molecule has 2 aromatic heterocycles. The molecule has 178 valence electrons. The van der Waals surface area contributed by atoms with Gasteiger partial charge in [0.1, 0.15) is 18.3 Å². The van der Waals surface area contributed by atoms with Gasteiger partial charge in [0.05, 0.1) is 29.4 Å². The van der Waals surface area contributed by atoms with E-state index in [9.17, 15) is 9.90 Å². The fraction of sp³-hybridized carbons (Fsp3) is 0.240. The highest BCUT2D eigenvalue weighted by Gasteiger charge is 2.48. The molecule has 0 unspecified atom stereocenters. The molecular formula is C25H21ClN4O5. The molecule has 2 aliphatic heterocycles. The van der Waals surface area contributed by atoms with Crippen LogP contribution in [-0.4, -0.2) is 63.6 Å². The van der Waals surface area contributed by atoms with Crippen LogP contribution < -0.4 is 10.5 Å². The molecular weight excluding hydrogens is 472 g/mol.